The number of amides is 1. The van der Waals surface area contributed by atoms with Crippen molar-refractivity contribution < 1.29 is 4.79 Å². The van der Waals surface area contributed by atoms with E-state index in [0.717, 1.165) is 52.1 Å². The van der Waals surface area contributed by atoms with Gasteiger partial charge in [0.25, 0.3) is 0 Å². The quantitative estimate of drug-likeness (QED) is 0.656. The lowest BCUT2D eigenvalue weighted by Crippen LogP contribution is -2.46. The molecular weight excluding hydrogens is 347 g/mol. The monoisotopic (exact) mass is 378 g/mol. The van der Waals surface area contributed by atoms with Gasteiger partial charge in [-0.2, -0.15) is 0 Å². The minimum absolute atomic E-state index is 0. The van der Waals surface area contributed by atoms with Gasteiger partial charge >= 0.3 is 0 Å². The predicted octanol–water partition coefficient (Wildman–Crippen LogP) is 1.38. The first-order valence-corrected chi connectivity index (χ1v) is 7.48. The van der Waals surface area contributed by atoms with E-state index in [1.165, 1.54) is 0 Å². The highest BCUT2D eigenvalue weighted by atomic mass is 35.5. The smallest absolute Gasteiger partial charge is 0.237 e. The Labute approximate surface area is 154 Å². The van der Waals surface area contributed by atoms with E-state index in [4.69, 9.17) is 5.73 Å². The Hall–Kier alpha value is 0.220. The predicted molar refractivity (Wildman–Crippen MR) is 101 cm³/mol. The minimum atomic E-state index is -0.367. The highest BCUT2D eigenvalue weighted by Gasteiger charge is 2.19. The van der Waals surface area contributed by atoms with Crippen LogP contribution in [-0.4, -0.2) is 68.1 Å². The van der Waals surface area contributed by atoms with Gasteiger partial charge in [-0.05, 0) is 25.9 Å². The van der Waals surface area contributed by atoms with Crippen molar-refractivity contribution in [3.05, 3.63) is 0 Å². The van der Waals surface area contributed by atoms with Crippen molar-refractivity contribution in [2.45, 2.75) is 32.7 Å². The third-order valence-electron chi connectivity index (χ3n) is 4.11. The minimum Gasteiger partial charge on any atom is -0.355 e. The van der Waals surface area contributed by atoms with Crippen LogP contribution in [0.15, 0.2) is 0 Å². The van der Waals surface area contributed by atoms with Gasteiger partial charge in [-0.25, -0.2) is 0 Å². The molecule has 1 aliphatic heterocycles. The first-order valence-electron chi connectivity index (χ1n) is 7.48. The maximum Gasteiger partial charge on any atom is 0.237 e. The van der Waals surface area contributed by atoms with Crippen LogP contribution < -0.4 is 11.1 Å². The van der Waals surface area contributed by atoms with Gasteiger partial charge in [0.15, 0.2) is 0 Å². The zero-order valence-corrected chi connectivity index (χ0v) is 16.4. The number of nitrogens with one attached hydrogen (secondary N) is 1. The molecule has 1 saturated heterocycles. The molecule has 1 amide bonds. The Balaban J connectivity index is -0.00000120. The average molecular weight is 380 g/mol. The van der Waals surface area contributed by atoms with E-state index in [9.17, 15) is 4.79 Å². The van der Waals surface area contributed by atoms with Crippen molar-refractivity contribution >= 4 is 43.1 Å². The number of rotatable bonds is 7. The van der Waals surface area contributed by atoms with Gasteiger partial charge < -0.3 is 20.9 Å². The molecule has 22 heavy (non-hydrogen) atoms. The standard InChI is InChI=1S/C14H30N4O.3ClH/c1-4-12(2)13(15)14(19)16-6-5-7-18-10-8-17(3)9-11-18;;;/h12-13H,4-11,15H2,1-3H3,(H,16,19);3*1H. The van der Waals surface area contributed by atoms with Crippen LogP contribution in [0.25, 0.3) is 0 Å². The summed E-state index contributed by atoms with van der Waals surface area (Å²) in [5.41, 5.74) is 5.88. The summed E-state index contributed by atoms with van der Waals surface area (Å²) in [5.74, 6) is 0.241. The largest absolute Gasteiger partial charge is 0.355 e. The van der Waals surface area contributed by atoms with Crippen LogP contribution in [-0.2, 0) is 4.79 Å². The van der Waals surface area contributed by atoms with E-state index in [1.807, 2.05) is 6.92 Å². The molecule has 1 heterocycles. The van der Waals surface area contributed by atoms with E-state index in [1.54, 1.807) is 0 Å². The number of likely N-dealkylation sites (N-methyl/N-ethyl adjacent to an activating group) is 1. The number of piperazine rings is 1. The normalized spacial score (nSPS) is 18.2. The first-order chi connectivity index (χ1) is 9.04. The van der Waals surface area contributed by atoms with Gasteiger partial charge in [0.1, 0.15) is 0 Å². The SMILES string of the molecule is CCC(C)C(N)C(=O)NCCCN1CCN(C)CC1.Cl.Cl.Cl. The van der Waals surface area contributed by atoms with Crippen LogP contribution in [0.2, 0.25) is 0 Å². The van der Waals surface area contributed by atoms with E-state index < -0.39 is 0 Å². The summed E-state index contributed by atoms with van der Waals surface area (Å²) in [4.78, 5) is 16.6. The van der Waals surface area contributed by atoms with Gasteiger partial charge in [0, 0.05) is 32.7 Å². The Morgan fingerprint density at radius 3 is 2.23 bits per heavy atom. The molecule has 5 nitrogen and oxygen atoms in total. The number of carbonyl (C=O) groups excluding carboxylic acids is 1. The van der Waals surface area contributed by atoms with Crippen molar-refractivity contribution in [3.63, 3.8) is 0 Å². The molecule has 1 aliphatic rings. The summed E-state index contributed by atoms with van der Waals surface area (Å²) in [6.07, 6.45) is 1.94. The van der Waals surface area contributed by atoms with E-state index in [0.29, 0.717) is 0 Å². The van der Waals surface area contributed by atoms with Crippen molar-refractivity contribution in [1.29, 1.82) is 0 Å². The summed E-state index contributed by atoms with van der Waals surface area (Å²) in [6, 6.07) is -0.367. The van der Waals surface area contributed by atoms with Gasteiger partial charge in [-0.3, -0.25) is 4.79 Å². The molecule has 0 aromatic rings. The maximum atomic E-state index is 11.8. The fourth-order valence-corrected chi connectivity index (χ4v) is 2.22. The molecule has 1 fully saturated rings. The molecule has 0 spiro atoms. The third kappa shape index (κ3) is 10.1. The summed E-state index contributed by atoms with van der Waals surface area (Å²) >= 11 is 0. The lowest BCUT2D eigenvalue weighted by molar-refractivity contribution is -0.123. The zero-order valence-electron chi connectivity index (χ0n) is 13.9. The van der Waals surface area contributed by atoms with Crippen LogP contribution in [0, 0.1) is 5.92 Å². The molecule has 0 aromatic carbocycles. The Bertz CT molecular complexity index is 277. The number of carbonyl (C=O) groups is 1. The van der Waals surface area contributed by atoms with Gasteiger partial charge in [0.2, 0.25) is 5.91 Å². The Morgan fingerprint density at radius 2 is 1.73 bits per heavy atom. The highest BCUT2D eigenvalue weighted by Crippen LogP contribution is 2.05. The number of halogens is 3. The second-order valence-electron chi connectivity index (χ2n) is 5.70. The molecule has 0 aromatic heterocycles. The lowest BCUT2D eigenvalue weighted by atomic mass is 9.99. The lowest BCUT2D eigenvalue weighted by Gasteiger charge is -2.32. The molecule has 3 N–H and O–H groups in total. The van der Waals surface area contributed by atoms with Crippen molar-refractivity contribution in [1.82, 2.24) is 15.1 Å². The molecule has 2 unspecified atom stereocenters. The second kappa shape index (κ2) is 14.8. The number of hydrogen-bond donors (Lipinski definition) is 2. The third-order valence-corrected chi connectivity index (χ3v) is 4.11. The number of hydrogen-bond acceptors (Lipinski definition) is 4. The summed E-state index contributed by atoms with van der Waals surface area (Å²) < 4.78 is 0. The summed E-state index contributed by atoms with van der Waals surface area (Å²) in [6.45, 7) is 10.4. The second-order valence-corrected chi connectivity index (χ2v) is 5.70. The average Bonchev–Trinajstić information content (AvgIpc) is 2.43. The molecule has 0 saturated carbocycles. The number of nitrogens with two attached hydrogens (primary N) is 1. The molecule has 8 heteroatoms. The summed E-state index contributed by atoms with van der Waals surface area (Å²) in [5, 5.41) is 2.94. The van der Waals surface area contributed by atoms with E-state index in [2.05, 4.69) is 29.1 Å². The Morgan fingerprint density at radius 1 is 1.18 bits per heavy atom. The molecule has 136 valence electrons. The maximum absolute atomic E-state index is 11.8. The molecule has 0 radical (unpaired) electrons. The molecule has 1 rings (SSSR count). The molecule has 0 bridgehead atoms. The van der Waals surface area contributed by atoms with Crippen molar-refractivity contribution in [2.24, 2.45) is 11.7 Å². The van der Waals surface area contributed by atoms with Crippen LogP contribution >= 0.6 is 37.2 Å². The topological polar surface area (TPSA) is 61.6 Å². The van der Waals surface area contributed by atoms with Crippen LogP contribution in [0.5, 0.6) is 0 Å². The zero-order chi connectivity index (χ0) is 14.3. The van der Waals surface area contributed by atoms with E-state index in [-0.39, 0.29) is 55.1 Å². The van der Waals surface area contributed by atoms with Crippen LogP contribution in [0.3, 0.4) is 0 Å². The van der Waals surface area contributed by atoms with Crippen molar-refractivity contribution in [3.8, 4) is 0 Å². The molecule has 2 atom stereocenters. The van der Waals surface area contributed by atoms with Gasteiger partial charge in [-0.1, -0.05) is 20.3 Å². The fraction of sp³-hybridized carbons (Fsp3) is 0.929. The summed E-state index contributed by atoms with van der Waals surface area (Å²) in [7, 11) is 2.16. The fourth-order valence-electron chi connectivity index (χ4n) is 2.22. The highest BCUT2D eigenvalue weighted by molar-refractivity contribution is 5.86. The van der Waals surface area contributed by atoms with Crippen LogP contribution in [0.4, 0.5) is 0 Å². The first kappa shape index (κ1) is 27.1. The Kier molecular flexibility index (Phi) is 18.2. The molecular formula is C14H33Cl3N4O. The van der Waals surface area contributed by atoms with Gasteiger partial charge in [-0.15, -0.1) is 37.2 Å². The van der Waals surface area contributed by atoms with Crippen LogP contribution in [0.1, 0.15) is 26.7 Å². The molecule has 0 aliphatic carbocycles. The van der Waals surface area contributed by atoms with Gasteiger partial charge in [0.05, 0.1) is 6.04 Å². The van der Waals surface area contributed by atoms with E-state index >= 15 is 0 Å². The number of nitrogens with zero attached hydrogens (tertiary/aromatic N) is 2. The van der Waals surface area contributed by atoms with Crippen molar-refractivity contribution in [2.75, 3.05) is 46.3 Å².